The number of hydrogen-bond acceptors (Lipinski definition) is 3. The molecule has 0 aliphatic rings. The first kappa shape index (κ1) is 22.3. The molecule has 0 bridgehead atoms. The molecule has 0 fully saturated rings. The predicted octanol–water partition coefficient (Wildman–Crippen LogP) is 6.91. The maximum Gasteiger partial charge on any atom is 0.165 e. The van der Waals surface area contributed by atoms with E-state index in [-0.39, 0.29) is 11.7 Å². The molecule has 1 atom stereocenters. The summed E-state index contributed by atoms with van der Waals surface area (Å²) >= 11 is 0. The summed E-state index contributed by atoms with van der Waals surface area (Å²) in [5.41, 5.74) is 4.07. The van der Waals surface area contributed by atoms with Gasteiger partial charge in [0.05, 0.1) is 0 Å². The van der Waals surface area contributed by atoms with Crippen LogP contribution in [0.2, 0.25) is 0 Å². The maximum atomic E-state index is 12.9. The van der Waals surface area contributed by atoms with Crippen LogP contribution in [0, 0.1) is 5.92 Å². The lowest BCUT2D eigenvalue weighted by Crippen LogP contribution is -2.14. The Kier molecular flexibility index (Phi) is 7.55. The van der Waals surface area contributed by atoms with Crippen molar-refractivity contribution in [2.24, 2.45) is 5.92 Å². The van der Waals surface area contributed by atoms with Gasteiger partial charge in [0, 0.05) is 11.5 Å². The molecule has 33 heavy (non-hydrogen) atoms. The lowest BCUT2D eigenvalue weighted by molar-refractivity contribution is 0.0929. The van der Waals surface area contributed by atoms with E-state index in [4.69, 9.17) is 9.47 Å². The van der Waals surface area contributed by atoms with E-state index in [9.17, 15) is 4.79 Å². The molecule has 0 aromatic heterocycles. The number of ether oxygens (including phenoxy) is 2. The minimum absolute atomic E-state index is 0.114. The second-order valence-electron chi connectivity index (χ2n) is 8.19. The van der Waals surface area contributed by atoms with Gasteiger partial charge in [-0.25, -0.2) is 0 Å². The van der Waals surface area contributed by atoms with E-state index < -0.39 is 0 Å². The third kappa shape index (κ3) is 6.56. The van der Waals surface area contributed by atoms with Gasteiger partial charge in [0.2, 0.25) is 0 Å². The quantitative estimate of drug-likeness (QED) is 0.254. The maximum absolute atomic E-state index is 12.9. The fourth-order valence-corrected chi connectivity index (χ4v) is 3.65. The number of rotatable bonds is 10. The largest absolute Gasteiger partial charge is 0.489 e. The molecule has 166 valence electrons. The van der Waals surface area contributed by atoms with Crippen LogP contribution >= 0.6 is 0 Å². The predicted molar refractivity (Wildman–Crippen MR) is 132 cm³/mol. The molecule has 4 aromatic carbocycles. The Morgan fingerprint density at radius 1 is 0.606 bits per heavy atom. The Balaban J connectivity index is 1.28. The number of ketones is 1. The van der Waals surface area contributed by atoms with Gasteiger partial charge in [0.25, 0.3) is 0 Å². The second-order valence-corrected chi connectivity index (χ2v) is 8.19. The molecule has 3 heteroatoms. The van der Waals surface area contributed by atoms with Crippen molar-refractivity contribution < 1.29 is 14.3 Å². The van der Waals surface area contributed by atoms with Crippen molar-refractivity contribution in [3.63, 3.8) is 0 Å². The summed E-state index contributed by atoms with van der Waals surface area (Å²) in [6.07, 6.45) is 0.685. The first-order chi connectivity index (χ1) is 16.2. The smallest absolute Gasteiger partial charge is 0.165 e. The van der Waals surface area contributed by atoms with E-state index in [1.807, 2.05) is 116 Å². The van der Waals surface area contributed by atoms with Gasteiger partial charge in [-0.15, -0.1) is 0 Å². The standard InChI is InChI=1S/C30H28O3/c1-23(20-24-12-16-28(17-13-24)32-21-25-8-4-2-5-9-25)30(31)27-14-18-29(19-15-27)33-22-26-10-6-3-7-11-26/h2-19,23H,20-22H2,1H3. The van der Waals surface area contributed by atoms with Crippen LogP contribution in [0.1, 0.15) is 34.0 Å². The average molecular weight is 437 g/mol. The van der Waals surface area contributed by atoms with Crippen molar-refractivity contribution in [2.45, 2.75) is 26.6 Å². The Morgan fingerprint density at radius 2 is 1.06 bits per heavy atom. The molecule has 0 N–H and O–H groups in total. The van der Waals surface area contributed by atoms with Crippen molar-refractivity contribution in [2.75, 3.05) is 0 Å². The van der Waals surface area contributed by atoms with Gasteiger partial charge in [-0.3, -0.25) is 4.79 Å². The molecule has 0 aliphatic heterocycles. The molecule has 0 spiro atoms. The summed E-state index contributed by atoms with van der Waals surface area (Å²) in [7, 11) is 0. The molecular weight excluding hydrogens is 408 g/mol. The van der Waals surface area contributed by atoms with Gasteiger partial charge in [0.15, 0.2) is 5.78 Å². The number of carbonyl (C=O) groups excluding carboxylic acids is 1. The van der Waals surface area contributed by atoms with E-state index >= 15 is 0 Å². The molecule has 1 unspecified atom stereocenters. The highest BCUT2D eigenvalue weighted by molar-refractivity contribution is 5.97. The zero-order valence-electron chi connectivity index (χ0n) is 18.8. The molecule has 0 saturated carbocycles. The van der Waals surface area contributed by atoms with Crippen molar-refractivity contribution in [3.8, 4) is 11.5 Å². The van der Waals surface area contributed by atoms with Gasteiger partial charge in [-0.2, -0.15) is 0 Å². The van der Waals surface area contributed by atoms with Crippen LogP contribution in [-0.2, 0) is 19.6 Å². The highest BCUT2D eigenvalue weighted by Gasteiger charge is 2.16. The Morgan fingerprint density at radius 3 is 1.55 bits per heavy atom. The lowest BCUT2D eigenvalue weighted by atomic mass is 9.93. The van der Waals surface area contributed by atoms with Crippen LogP contribution in [0.4, 0.5) is 0 Å². The van der Waals surface area contributed by atoms with Crippen molar-refractivity contribution >= 4 is 5.78 Å². The lowest BCUT2D eigenvalue weighted by Gasteiger charge is -2.12. The third-order valence-corrected chi connectivity index (χ3v) is 5.55. The topological polar surface area (TPSA) is 35.5 Å². The van der Waals surface area contributed by atoms with E-state index in [2.05, 4.69) is 0 Å². The van der Waals surface area contributed by atoms with Gasteiger partial charge >= 0.3 is 0 Å². The van der Waals surface area contributed by atoms with Gasteiger partial charge in [0.1, 0.15) is 24.7 Å². The van der Waals surface area contributed by atoms with Gasteiger partial charge in [-0.05, 0) is 59.5 Å². The van der Waals surface area contributed by atoms with E-state index in [0.29, 0.717) is 25.2 Å². The summed E-state index contributed by atoms with van der Waals surface area (Å²) in [4.78, 5) is 12.9. The molecule has 0 saturated heterocycles. The minimum atomic E-state index is -0.114. The van der Waals surface area contributed by atoms with Gasteiger partial charge in [-0.1, -0.05) is 79.7 Å². The Bertz CT molecular complexity index is 1130. The minimum Gasteiger partial charge on any atom is -0.489 e. The fourth-order valence-electron chi connectivity index (χ4n) is 3.65. The van der Waals surface area contributed by atoms with Crippen LogP contribution in [0.15, 0.2) is 109 Å². The first-order valence-electron chi connectivity index (χ1n) is 11.2. The Hall–Kier alpha value is -3.85. The second kappa shape index (κ2) is 11.1. The molecule has 3 nitrogen and oxygen atoms in total. The van der Waals surface area contributed by atoms with Gasteiger partial charge < -0.3 is 9.47 Å². The monoisotopic (exact) mass is 436 g/mol. The molecule has 0 aliphatic carbocycles. The van der Waals surface area contributed by atoms with E-state index in [1.165, 1.54) is 0 Å². The SMILES string of the molecule is CC(Cc1ccc(OCc2ccccc2)cc1)C(=O)c1ccc(OCc2ccccc2)cc1. The van der Waals surface area contributed by atoms with Crippen LogP contribution < -0.4 is 9.47 Å². The van der Waals surface area contributed by atoms with E-state index in [1.54, 1.807) is 0 Å². The summed E-state index contributed by atoms with van der Waals surface area (Å²) < 4.78 is 11.7. The summed E-state index contributed by atoms with van der Waals surface area (Å²) in [5, 5.41) is 0. The first-order valence-corrected chi connectivity index (χ1v) is 11.2. The average Bonchev–Trinajstić information content (AvgIpc) is 2.88. The molecular formula is C30H28O3. The van der Waals surface area contributed by atoms with Crippen molar-refractivity contribution in [1.29, 1.82) is 0 Å². The summed E-state index contributed by atoms with van der Waals surface area (Å²) in [5.74, 6) is 1.60. The van der Waals surface area contributed by atoms with Crippen LogP contribution in [0.5, 0.6) is 11.5 Å². The number of Topliss-reactive ketones (excluding diaryl/α,β-unsaturated/α-hetero) is 1. The molecule has 4 aromatic rings. The summed E-state index contributed by atoms with van der Waals surface area (Å²) in [6.45, 7) is 3.03. The zero-order chi connectivity index (χ0) is 22.9. The number of hydrogen-bond donors (Lipinski definition) is 0. The van der Waals surface area contributed by atoms with Crippen molar-refractivity contribution in [1.82, 2.24) is 0 Å². The Labute approximate surface area is 195 Å². The normalized spacial score (nSPS) is 11.5. The molecule has 0 amide bonds. The van der Waals surface area contributed by atoms with Crippen molar-refractivity contribution in [3.05, 3.63) is 131 Å². The summed E-state index contributed by atoms with van der Waals surface area (Å²) in [6, 6.07) is 35.5. The van der Waals surface area contributed by atoms with Crippen LogP contribution in [-0.4, -0.2) is 5.78 Å². The highest BCUT2D eigenvalue weighted by atomic mass is 16.5. The number of benzene rings is 4. The molecule has 4 rings (SSSR count). The molecule has 0 radical (unpaired) electrons. The number of carbonyl (C=O) groups is 1. The van der Waals surface area contributed by atoms with E-state index in [0.717, 1.165) is 28.2 Å². The van der Waals surface area contributed by atoms with Crippen LogP contribution in [0.3, 0.4) is 0 Å². The third-order valence-electron chi connectivity index (χ3n) is 5.55. The zero-order valence-corrected chi connectivity index (χ0v) is 18.8. The highest BCUT2D eigenvalue weighted by Crippen LogP contribution is 2.21. The molecule has 0 heterocycles. The van der Waals surface area contributed by atoms with Crippen LogP contribution in [0.25, 0.3) is 0 Å². The fraction of sp³-hybridized carbons (Fsp3) is 0.167.